The van der Waals surface area contributed by atoms with E-state index in [1.54, 1.807) is 47.4 Å². The number of halogens is 1. The van der Waals surface area contributed by atoms with Crippen molar-refractivity contribution in [3.63, 3.8) is 0 Å². The summed E-state index contributed by atoms with van der Waals surface area (Å²) in [6, 6.07) is 13.1. The maximum Gasteiger partial charge on any atom is 0.411 e. The lowest BCUT2D eigenvalue weighted by Gasteiger charge is -2.31. The van der Waals surface area contributed by atoms with E-state index in [4.69, 9.17) is 14.2 Å². The standard InChI is InChI=1S/C30H30IN5O8S/c1-42-24-10-7-17(13-25(24)43-2)27(33-19-8-6-18-16-32-35-28(37)21(18)14-19)29(38)36-12-4-5-23(36)22-15-20(34-30(39)44-3)9-11-26(22)45(31,40)41/h6-11,13-16,23,27,33H,4-5,12H2,1-3H3,(H,34,39)(H,35,37)/t23-,27-/m1/s1. The number of nitrogens with zero attached hydrogens (tertiary/aromatic N) is 2. The van der Waals surface area contributed by atoms with Crippen LogP contribution in [0, 0.1) is 0 Å². The lowest BCUT2D eigenvalue weighted by atomic mass is 10.0. The highest BCUT2D eigenvalue weighted by molar-refractivity contribution is 14.2. The fraction of sp³-hybridized carbons (Fsp3) is 0.267. The molecule has 1 fully saturated rings. The molecule has 3 N–H and O–H groups in total. The Morgan fingerprint density at radius 1 is 1.02 bits per heavy atom. The van der Waals surface area contributed by atoms with Gasteiger partial charge in [0, 0.05) is 23.3 Å². The predicted octanol–water partition coefficient (Wildman–Crippen LogP) is 4.76. The van der Waals surface area contributed by atoms with E-state index in [9.17, 15) is 22.8 Å². The molecule has 0 unspecified atom stereocenters. The summed E-state index contributed by atoms with van der Waals surface area (Å²) in [5.41, 5.74) is 1.38. The van der Waals surface area contributed by atoms with Gasteiger partial charge in [0.2, 0.25) is 12.9 Å². The first-order valence-electron chi connectivity index (χ1n) is 13.7. The lowest BCUT2D eigenvalue weighted by molar-refractivity contribution is -0.133. The molecule has 0 bridgehead atoms. The van der Waals surface area contributed by atoms with Crippen molar-refractivity contribution in [3.05, 3.63) is 82.3 Å². The summed E-state index contributed by atoms with van der Waals surface area (Å²) in [4.78, 5) is 40.6. The molecule has 45 heavy (non-hydrogen) atoms. The van der Waals surface area contributed by atoms with Gasteiger partial charge in [-0.3, -0.25) is 14.9 Å². The molecule has 5 rings (SSSR count). The van der Waals surface area contributed by atoms with Crippen molar-refractivity contribution in [2.24, 2.45) is 0 Å². The molecule has 2 heterocycles. The minimum Gasteiger partial charge on any atom is -0.493 e. The second kappa shape index (κ2) is 13.3. The van der Waals surface area contributed by atoms with Crippen LogP contribution in [0.4, 0.5) is 16.2 Å². The van der Waals surface area contributed by atoms with Gasteiger partial charge in [0.25, 0.3) is 5.56 Å². The molecule has 3 aromatic carbocycles. The van der Waals surface area contributed by atoms with Gasteiger partial charge in [0.1, 0.15) is 6.04 Å². The highest BCUT2D eigenvalue weighted by Gasteiger charge is 2.37. The van der Waals surface area contributed by atoms with Gasteiger partial charge in [-0.15, -0.1) is 0 Å². The van der Waals surface area contributed by atoms with Gasteiger partial charge in [-0.1, -0.05) is 12.1 Å². The summed E-state index contributed by atoms with van der Waals surface area (Å²) in [6.07, 6.45) is 1.92. The largest absolute Gasteiger partial charge is 0.493 e. The van der Waals surface area contributed by atoms with Crippen LogP contribution >= 0.6 is 21.2 Å². The first-order chi connectivity index (χ1) is 21.5. The number of aromatic amines is 1. The summed E-state index contributed by atoms with van der Waals surface area (Å²) in [5, 5.41) is 13.1. The fourth-order valence-electron chi connectivity index (χ4n) is 5.46. The minimum absolute atomic E-state index is 0.0428. The van der Waals surface area contributed by atoms with E-state index in [-0.39, 0.29) is 16.4 Å². The first-order valence-corrected chi connectivity index (χ1v) is 17.8. The normalized spacial score (nSPS) is 15.4. The summed E-state index contributed by atoms with van der Waals surface area (Å²) in [7, 11) is 0.498. The van der Waals surface area contributed by atoms with E-state index < -0.39 is 25.2 Å². The number of nitrogens with one attached hydrogen (secondary N) is 3. The number of carbonyl (C=O) groups is 2. The number of rotatable bonds is 9. The minimum atomic E-state index is -3.73. The van der Waals surface area contributed by atoms with E-state index in [1.165, 1.54) is 60.9 Å². The number of methoxy groups -OCH3 is 3. The number of benzene rings is 3. The zero-order valence-corrected chi connectivity index (χ0v) is 27.5. The van der Waals surface area contributed by atoms with E-state index in [1.807, 2.05) is 0 Å². The average molecular weight is 748 g/mol. The maximum absolute atomic E-state index is 14.6. The van der Waals surface area contributed by atoms with Gasteiger partial charge in [-0.2, -0.15) is 5.10 Å². The van der Waals surface area contributed by atoms with E-state index >= 15 is 0 Å². The fourth-order valence-corrected chi connectivity index (χ4v) is 7.37. The second-order valence-electron chi connectivity index (χ2n) is 10.2. The van der Waals surface area contributed by atoms with Crippen molar-refractivity contribution in [3.8, 4) is 11.5 Å². The average Bonchev–Trinajstić information content (AvgIpc) is 3.53. The van der Waals surface area contributed by atoms with Crippen LogP contribution in [0.15, 0.2) is 70.5 Å². The number of ether oxygens (including phenoxy) is 3. The van der Waals surface area contributed by atoms with E-state index in [0.717, 1.165) is 0 Å². The molecule has 4 aromatic rings. The number of hydrogen-bond acceptors (Lipinski definition) is 10. The molecule has 1 aliphatic rings. The topological polar surface area (TPSA) is 169 Å². The third-order valence-electron chi connectivity index (χ3n) is 7.57. The van der Waals surface area contributed by atoms with Gasteiger partial charge >= 0.3 is 6.09 Å². The number of H-pyrrole nitrogens is 1. The number of fused-ring (bicyclic) bond motifs is 1. The molecule has 1 aromatic heterocycles. The molecule has 15 heteroatoms. The molecule has 0 aliphatic carbocycles. The third kappa shape index (κ3) is 6.83. The van der Waals surface area contributed by atoms with Gasteiger partial charge < -0.3 is 24.4 Å². The second-order valence-corrected chi connectivity index (χ2v) is 15.0. The number of hydrogen-bond donors (Lipinski definition) is 3. The van der Waals surface area contributed by atoms with Crippen LogP contribution in [-0.4, -0.2) is 63.4 Å². The number of anilines is 2. The van der Waals surface area contributed by atoms with Crippen LogP contribution < -0.4 is 25.7 Å². The van der Waals surface area contributed by atoms with Gasteiger partial charge in [-0.25, -0.2) is 18.3 Å². The molecular formula is C30H30IN5O8S. The van der Waals surface area contributed by atoms with Gasteiger partial charge in [0.15, 0.2) is 11.5 Å². The molecule has 2 atom stereocenters. The Labute approximate surface area is 270 Å². The van der Waals surface area contributed by atoms with Crippen molar-refractivity contribution in [2.75, 3.05) is 38.5 Å². The van der Waals surface area contributed by atoms with Crippen LogP contribution in [0.25, 0.3) is 10.8 Å². The van der Waals surface area contributed by atoms with Crippen LogP contribution in [0.2, 0.25) is 0 Å². The zero-order valence-electron chi connectivity index (χ0n) is 24.5. The van der Waals surface area contributed by atoms with Crippen molar-refractivity contribution in [1.82, 2.24) is 15.1 Å². The smallest absolute Gasteiger partial charge is 0.411 e. The van der Waals surface area contributed by atoms with E-state index in [2.05, 4.69) is 20.8 Å². The number of aromatic nitrogens is 2. The monoisotopic (exact) mass is 747 g/mol. The Hall–Kier alpha value is -4.38. The summed E-state index contributed by atoms with van der Waals surface area (Å²) in [5.74, 6) is 0.549. The Morgan fingerprint density at radius 2 is 1.78 bits per heavy atom. The molecule has 1 saturated heterocycles. The Bertz CT molecular complexity index is 1930. The van der Waals surface area contributed by atoms with Gasteiger partial charge in [-0.05, 0) is 66.4 Å². The van der Waals surface area contributed by atoms with Crippen molar-refractivity contribution >= 4 is 62.4 Å². The van der Waals surface area contributed by atoms with Gasteiger partial charge in [0.05, 0.1) is 65.1 Å². The molecule has 0 spiro atoms. The van der Waals surface area contributed by atoms with E-state index in [0.29, 0.717) is 64.2 Å². The summed E-state index contributed by atoms with van der Waals surface area (Å²) < 4.78 is 41.3. The number of amides is 2. The number of likely N-dealkylation sites (tertiary alicyclic amines) is 1. The third-order valence-corrected chi connectivity index (χ3v) is 9.89. The molecule has 236 valence electrons. The highest BCUT2D eigenvalue weighted by atomic mass is 127. The highest BCUT2D eigenvalue weighted by Crippen LogP contribution is 2.41. The molecule has 0 saturated carbocycles. The van der Waals surface area contributed by atoms with Crippen LogP contribution in [-0.2, 0) is 16.5 Å². The SMILES string of the molecule is COC(=O)Nc1ccc(S(=O)(=O)I)c([C@H]2CCCN2C(=O)[C@H](Nc2ccc3cn[nH]c(=O)c3c2)c2ccc(OC)c(OC)c2)c1. The van der Waals surface area contributed by atoms with Crippen molar-refractivity contribution in [1.29, 1.82) is 0 Å². The first kappa shape index (κ1) is 32.0. The summed E-state index contributed by atoms with van der Waals surface area (Å²) >= 11 is 1.37. The zero-order chi connectivity index (χ0) is 32.3. The van der Waals surface area contributed by atoms with Crippen LogP contribution in [0.5, 0.6) is 11.5 Å². The molecule has 1 aliphatic heterocycles. The molecule has 13 nitrogen and oxygen atoms in total. The Morgan fingerprint density at radius 3 is 2.49 bits per heavy atom. The molecule has 0 radical (unpaired) electrons. The molecule has 2 amide bonds. The quantitative estimate of drug-likeness (QED) is 0.160. The Balaban J connectivity index is 1.59. The van der Waals surface area contributed by atoms with Crippen molar-refractivity contribution < 1.29 is 32.2 Å². The number of carbonyl (C=O) groups excluding carboxylic acids is 2. The Kier molecular flexibility index (Phi) is 9.48. The van der Waals surface area contributed by atoms with Crippen LogP contribution in [0.1, 0.15) is 36.1 Å². The summed E-state index contributed by atoms with van der Waals surface area (Å²) in [6.45, 7) is 0.355. The van der Waals surface area contributed by atoms with Crippen LogP contribution in [0.3, 0.4) is 0 Å². The van der Waals surface area contributed by atoms with Crippen molar-refractivity contribution in [2.45, 2.75) is 29.8 Å². The molecular weight excluding hydrogens is 717 g/mol. The maximum atomic E-state index is 14.6. The predicted molar refractivity (Wildman–Crippen MR) is 176 cm³/mol. The lowest BCUT2D eigenvalue weighted by Crippen LogP contribution is -2.38.